The van der Waals surface area contributed by atoms with Crippen LogP contribution < -0.4 is 5.32 Å². The van der Waals surface area contributed by atoms with Crippen LogP contribution in [0.2, 0.25) is 5.02 Å². The Bertz CT molecular complexity index is 953. The van der Waals surface area contributed by atoms with Crippen LogP contribution in [-0.2, 0) is 9.84 Å². The van der Waals surface area contributed by atoms with E-state index < -0.39 is 15.9 Å². The first-order valence-electron chi connectivity index (χ1n) is 8.98. The normalized spacial score (nSPS) is 24.9. The molecule has 1 amide bonds. The molecule has 1 aromatic carbocycles. The zero-order valence-electron chi connectivity index (χ0n) is 14.7. The summed E-state index contributed by atoms with van der Waals surface area (Å²) in [5.41, 5.74) is 1.71. The largest absolute Gasteiger partial charge is 0.345 e. The SMILES string of the molecule is O=C(NC1CS(=O)(=O)CC1N1CCCC1)c1cc(-c2cccc(Cl)c2)n[nH]1. The molecule has 3 heterocycles. The van der Waals surface area contributed by atoms with Crippen LogP contribution in [0.25, 0.3) is 11.3 Å². The second-order valence-electron chi connectivity index (χ2n) is 7.14. The summed E-state index contributed by atoms with van der Waals surface area (Å²) < 4.78 is 24.3. The summed E-state index contributed by atoms with van der Waals surface area (Å²) in [6.45, 7) is 1.77. The minimum absolute atomic E-state index is 0.0187. The van der Waals surface area contributed by atoms with Gasteiger partial charge in [-0.15, -0.1) is 0 Å². The summed E-state index contributed by atoms with van der Waals surface area (Å²) in [6, 6.07) is 8.30. The summed E-state index contributed by atoms with van der Waals surface area (Å²) >= 11 is 6.00. The number of carbonyl (C=O) groups excluding carboxylic acids is 1. The van der Waals surface area contributed by atoms with E-state index in [1.54, 1.807) is 18.2 Å². The third-order valence-electron chi connectivity index (χ3n) is 5.19. The second-order valence-corrected chi connectivity index (χ2v) is 9.73. The van der Waals surface area contributed by atoms with Crippen molar-refractivity contribution in [2.75, 3.05) is 24.6 Å². The van der Waals surface area contributed by atoms with Gasteiger partial charge in [-0.3, -0.25) is 14.8 Å². The molecule has 0 bridgehead atoms. The average molecular weight is 409 g/mol. The summed E-state index contributed by atoms with van der Waals surface area (Å²) in [5, 5.41) is 10.4. The number of hydrogen-bond acceptors (Lipinski definition) is 5. The van der Waals surface area contributed by atoms with Gasteiger partial charge in [0.1, 0.15) is 5.69 Å². The number of sulfone groups is 1. The van der Waals surface area contributed by atoms with Crippen molar-refractivity contribution in [1.82, 2.24) is 20.4 Å². The van der Waals surface area contributed by atoms with E-state index in [1.165, 1.54) is 0 Å². The standard InChI is InChI=1S/C18H21ClN4O3S/c19-13-5-3-4-12(8-13)14-9-15(22-21-14)18(24)20-16-10-27(25,26)11-17(16)23-6-1-2-7-23/h3-5,8-9,16-17H,1-2,6-7,10-11H2,(H,20,24)(H,21,22). The zero-order chi connectivity index (χ0) is 19.0. The van der Waals surface area contributed by atoms with Gasteiger partial charge in [-0.05, 0) is 44.1 Å². The van der Waals surface area contributed by atoms with E-state index in [4.69, 9.17) is 11.6 Å². The Morgan fingerprint density at radius 2 is 2.00 bits per heavy atom. The molecule has 7 nitrogen and oxygen atoms in total. The molecule has 2 atom stereocenters. The van der Waals surface area contributed by atoms with Crippen LogP contribution in [0.4, 0.5) is 0 Å². The molecule has 2 aliphatic heterocycles. The molecule has 0 aliphatic carbocycles. The Labute approximate surface area is 163 Å². The smallest absolute Gasteiger partial charge is 0.269 e. The molecule has 2 N–H and O–H groups in total. The number of H-pyrrole nitrogens is 1. The molecule has 4 rings (SSSR count). The van der Waals surface area contributed by atoms with Crippen molar-refractivity contribution in [2.24, 2.45) is 0 Å². The monoisotopic (exact) mass is 408 g/mol. The number of aromatic amines is 1. The van der Waals surface area contributed by atoms with Crippen LogP contribution in [0.3, 0.4) is 0 Å². The van der Waals surface area contributed by atoms with Crippen LogP contribution in [-0.4, -0.2) is 66.1 Å². The summed E-state index contributed by atoms with van der Waals surface area (Å²) in [7, 11) is -3.15. The Kier molecular flexibility index (Phi) is 4.96. The third kappa shape index (κ3) is 4.02. The van der Waals surface area contributed by atoms with Gasteiger partial charge in [0.15, 0.2) is 9.84 Å². The maximum atomic E-state index is 12.7. The Morgan fingerprint density at radius 1 is 1.22 bits per heavy atom. The molecule has 0 spiro atoms. The van der Waals surface area contributed by atoms with Crippen molar-refractivity contribution in [3.63, 3.8) is 0 Å². The van der Waals surface area contributed by atoms with Crippen molar-refractivity contribution in [3.8, 4) is 11.3 Å². The van der Waals surface area contributed by atoms with Gasteiger partial charge in [-0.25, -0.2) is 8.42 Å². The third-order valence-corrected chi connectivity index (χ3v) is 7.14. The highest BCUT2D eigenvalue weighted by atomic mass is 35.5. The highest BCUT2D eigenvalue weighted by molar-refractivity contribution is 7.91. The number of aromatic nitrogens is 2. The maximum Gasteiger partial charge on any atom is 0.269 e. The number of nitrogens with zero attached hydrogens (tertiary/aromatic N) is 2. The first-order valence-corrected chi connectivity index (χ1v) is 11.2. The van der Waals surface area contributed by atoms with Gasteiger partial charge < -0.3 is 5.32 Å². The molecule has 2 saturated heterocycles. The quantitative estimate of drug-likeness (QED) is 0.803. The average Bonchev–Trinajstić information content (AvgIpc) is 3.34. The predicted molar refractivity (Wildman–Crippen MR) is 104 cm³/mol. The minimum atomic E-state index is -3.15. The van der Waals surface area contributed by atoms with E-state index in [1.807, 2.05) is 12.1 Å². The number of halogens is 1. The van der Waals surface area contributed by atoms with E-state index in [-0.39, 0.29) is 23.5 Å². The number of rotatable bonds is 4. The molecule has 1 aromatic heterocycles. The van der Waals surface area contributed by atoms with Crippen LogP contribution >= 0.6 is 11.6 Å². The molecule has 2 unspecified atom stereocenters. The van der Waals surface area contributed by atoms with E-state index in [0.717, 1.165) is 31.5 Å². The second kappa shape index (κ2) is 7.26. The number of nitrogens with one attached hydrogen (secondary N) is 2. The lowest BCUT2D eigenvalue weighted by Gasteiger charge is -2.28. The van der Waals surface area contributed by atoms with Gasteiger partial charge in [-0.1, -0.05) is 23.7 Å². The van der Waals surface area contributed by atoms with E-state index in [9.17, 15) is 13.2 Å². The topological polar surface area (TPSA) is 95.2 Å². The summed E-state index contributed by atoms with van der Waals surface area (Å²) in [6.07, 6.45) is 2.14. The molecular formula is C18H21ClN4O3S. The van der Waals surface area contributed by atoms with E-state index in [0.29, 0.717) is 16.4 Å². The molecule has 2 aromatic rings. The molecule has 144 valence electrons. The first-order chi connectivity index (χ1) is 12.9. The zero-order valence-corrected chi connectivity index (χ0v) is 16.3. The molecule has 2 fully saturated rings. The minimum Gasteiger partial charge on any atom is -0.345 e. The van der Waals surface area contributed by atoms with Gasteiger partial charge in [0.05, 0.1) is 23.2 Å². The Balaban J connectivity index is 1.50. The van der Waals surface area contributed by atoms with Gasteiger partial charge in [0.2, 0.25) is 0 Å². The number of carbonyl (C=O) groups is 1. The van der Waals surface area contributed by atoms with Crippen molar-refractivity contribution in [2.45, 2.75) is 24.9 Å². The highest BCUT2D eigenvalue weighted by Gasteiger charge is 2.42. The van der Waals surface area contributed by atoms with E-state index in [2.05, 4.69) is 20.4 Å². The van der Waals surface area contributed by atoms with Crippen molar-refractivity contribution in [3.05, 3.63) is 41.0 Å². The summed E-state index contributed by atoms with van der Waals surface area (Å²) in [4.78, 5) is 14.8. The molecule has 27 heavy (non-hydrogen) atoms. The lowest BCUT2D eigenvalue weighted by Crippen LogP contribution is -2.50. The maximum absolute atomic E-state index is 12.7. The van der Waals surface area contributed by atoms with Crippen LogP contribution in [0, 0.1) is 0 Å². The van der Waals surface area contributed by atoms with Gasteiger partial charge in [0.25, 0.3) is 5.91 Å². The van der Waals surface area contributed by atoms with Crippen LogP contribution in [0.15, 0.2) is 30.3 Å². The van der Waals surface area contributed by atoms with Gasteiger partial charge in [0, 0.05) is 16.6 Å². The van der Waals surface area contributed by atoms with E-state index >= 15 is 0 Å². The van der Waals surface area contributed by atoms with Crippen molar-refractivity contribution < 1.29 is 13.2 Å². The molecule has 2 aliphatic rings. The van der Waals surface area contributed by atoms with Crippen LogP contribution in [0.5, 0.6) is 0 Å². The first kappa shape index (κ1) is 18.5. The number of hydrogen-bond donors (Lipinski definition) is 2. The Morgan fingerprint density at radius 3 is 2.74 bits per heavy atom. The van der Waals surface area contributed by atoms with Crippen LogP contribution in [0.1, 0.15) is 23.3 Å². The van der Waals surface area contributed by atoms with Gasteiger partial charge in [-0.2, -0.15) is 5.10 Å². The van der Waals surface area contributed by atoms with Gasteiger partial charge >= 0.3 is 0 Å². The van der Waals surface area contributed by atoms with Crippen molar-refractivity contribution >= 4 is 27.3 Å². The Hall–Kier alpha value is -1.90. The predicted octanol–water partition coefficient (Wildman–Crippen LogP) is 1.72. The molecule has 0 saturated carbocycles. The lowest BCUT2D eigenvalue weighted by atomic mass is 10.1. The number of amides is 1. The van der Waals surface area contributed by atoms with Crippen molar-refractivity contribution in [1.29, 1.82) is 0 Å². The molecule has 9 heteroatoms. The number of likely N-dealkylation sites (tertiary alicyclic amines) is 1. The fourth-order valence-electron chi connectivity index (χ4n) is 3.88. The fraction of sp³-hybridized carbons (Fsp3) is 0.444. The molecular weight excluding hydrogens is 388 g/mol. The molecule has 0 radical (unpaired) electrons. The number of benzene rings is 1. The lowest BCUT2D eigenvalue weighted by molar-refractivity contribution is 0.0913. The highest BCUT2D eigenvalue weighted by Crippen LogP contribution is 2.24. The fourth-order valence-corrected chi connectivity index (χ4v) is 6.02. The summed E-state index contributed by atoms with van der Waals surface area (Å²) in [5.74, 6) is -0.258.